The average Bonchev–Trinajstić information content (AvgIpc) is 3.90. The lowest BCUT2D eigenvalue weighted by Crippen LogP contribution is -2.25. The van der Waals surface area contributed by atoms with E-state index in [2.05, 4.69) is 32.7 Å². The molecule has 0 amide bonds. The Kier molecular flexibility index (Phi) is 34.5. The highest BCUT2D eigenvalue weighted by molar-refractivity contribution is 5.69. The van der Waals surface area contributed by atoms with Gasteiger partial charge in [-0.25, -0.2) is 0 Å². The second-order valence-corrected chi connectivity index (χ2v) is 16.4. The Morgan fingerprint density at radius 1 is 0.549 bits per heavy atom. The van der Waals surface area contributed by atoms with Gasteiger partial charge >= 0.3 is 5.97 Å². The van der Waals surface area contributed by atoms with Gasteiger partial charge in [0, 0.05) is 12.8 Å². The second kappa shape index (κ2) is 36.3. The number of unbranched alkanes of at least 4 members (excludes halogenated alkanes) is 26. The molecule has 0 aliphatic carbocycles. The van der Waals surface area contributed by atoms with Crippen LogP contribution in [-0.2, 0) is 19.0 Å². The number of nitrogens with zero attached hydrogens (tertiary/aromatic N) is 1. The van der Waals surface area contributed by atoms with Crippen LogP contribution in [-0.4, -0.2) is 56.1 Å². The van der Waals surface area contributed by atoms with Crippen LogP contribution in [0.4, 0.5) is 0 Å². The lowest BCUT2D eigenvalue weighted by Gasteiger charge is -2.23. The largest absolute Gasteiger partial charge is 0.466 e. The molecule has 1 rings (SSSR count). The molecular formula is C46H91NO4. The van der Waals surface area contributed by atoms with Crippen LogP contribution in [0.3, 0.4) is 0 Å². The van der Waals surface area contributed by atoms with Gasteiger partial charge in [-0.3, -0.25) is 4.79 Å². The van der Waals surface area contributed by atoms with Crippen molar-refractivity contribution in [2.24, 2.45) is 0 Å². The third-order valence-corrected chi connectivity index (χ3v) is 11.1. The van der Waals surface area contributed by atoms with Crippen molar-refractivity contribution in [3.05, 3.63) is 0 Å². The van der Waals surface area contributed by atoms with Crippen molar-refractivity contribution in [2.45, 2.75) is 257 Å². The number of hydrogen-bond donors (Lipinski definition) is 0. The fourth-order valence-corrected chi connectivity index (χ4v) is 7.49. The maximum absolute atomic E-state index is 11.7. The monoisotopic (exact) mass is 722 g/mol. The van der Waals surface area contributed by atoms with Crippen molar-refractivity contribution in [3.63, 3.8) is 0 Å². The van der Waals surface area contributed by atoms with Crippen LogP contribution in [0.15, 0.2) is 0 Å². The number of carbonyl (C=O) groups is 1. The molecule has 2 atom stereocenters. The van der Waals surface area contributed by atoms with Crippen molar-refractivity contribution < 1.29 is 19.0 Å². The third-order valence-electron chi connectivity index (χ3n) is 11.1. The van der Waals surface area contributed by atoms with Crippen molar-refractivity contribution in [1.29, 1.82) is 0 Å². The summed E-state index contributed by atoms with van der Waals surface area (Å²) in [5.41, 5.74) is 0. The summed E-state index contributed by atoms with van der Waals surface area (Å²) in [6.07, 6.45) is 45.2. The highest BCUT2D eigenvalue weighted by Crippen LogP contribution is 2.37. The minimum Gasteiger partial charge on any atom is -0.466 e. The van der Waals surface area contributed by atoms with Crippen molar-refractivity contribution in [2.75, 3.05) is 33.4 Å². The zero-order valence-corrected chi connectivity index (χ0v) is 35.2. The lowest BCUT2D eigenvalue weighted by atomic mass is 10.0. The number of rotatable bonds is 42. The Balaban J connectivity index is 2.02. The molecule has 0 bridgehead atoms. The highest BCUT2D eigenvalue weighted by Gasteiger charge is 2.47. The van der Waals surface area contributed by atoms with Gasteiger partial charge in [0.05, 0.1) is 12.7 Å². The first-order chi connectivity index (χ1) is 25.0. The molecule has 0 aromatic heterocycles. The molecule has 1 fully saturated rings. The zero-order chi connectivity index (χ0) is 36.9. The Morgan fingerprint density at radius 2 is 0.941 bits per heavy atom. The molecule has 0 aromatic rings. The van der Waals surface area contributed by atoms with Crippen LogP contribution in [0.5, 0.6) is 0 Å². The smallest absolute Gasteiger partial charge is 0.305 e. The Bertz CT molecular complexity index is 726. The topological polar surface area (TPSA) is 51.3 Å². The van der Waals surface area contributed by atoms with Gasteiger partial charge in [0.25, 0.3) is 0 Å². The molecule has 0 N–H and O–H groups in total. The number of hydrogen-bond acceptors (Lipinski definition) is 5. The van der Waals surface area contributed by atoms with Crippen molar-refractivity contribution in [3.8, 4) is 0 Å². The Hall–Kier alpha value is -0.650. The van der Waals surface area contributed by atoms with Crippen LogP contribution in [0, 0.1) is 0 Å². The Morgan fingerprint density at radius 3 is 1.41 bits per heavy atom. The SMILES string of the molecule is CCCCCCCCCCC(CCCCCCCC)OC1(CCCCCCCN(C)CCCCCCCCCCCC(=O)OCCCCC)CO1. The molecule has 2 unspecified atom stereocenters. The van der Waals surface area contributed by atoms with Gasteiger partial charge in [-0.1, -0.05) is 188 Å². The van der Waals surface area contributed by atoms with Crippen molar-refractivity contribution >= 4 is 5.97 Å². The van der Waals surface area contributed by atoms with Crippen molar-refractivity contribution in [1.82, 2.24) is 4.90 Å². The predicted octanol–water partition coefficient (Wildman–Crippen LogP) is 14.3. The number of esters is 1. The summed E-state index contributed by atoms with van der Waals surface area (Å²) >= 11 is 0. The van der Waals surface area contributed by atoms with E-state index in [1.54, 1.807) is 0 Å². The van der Waals surface area contributed by atoms with Gasteiger partial charge in [0.15, 0.2) is 5.79 Å². The van der Waals surface area contributed by atoms with Gasteiger partial charge in [-0.05, 0) is 65.1 Å². The first kappa shape index (κ1) is 48.4. The maximum Gasteiger partial charge on any atom is 0.305 e. The van der Waals surface area contributed by atoms with Crippen LogP contribution in [0.2, 0.25) is 0 Å². The predicted molar refractivity (Wildman–Crippen MR) is 221 cm³/mol. The van der Waals surface area contributed by atoms with Gasteiger partial charge in [0.1, 0.15) is 6.61 Å². The molecule has 5 nitrogen and oxygen atoms in total. The van der Waals surface area contributed by atoms with Crippen LogP contribution >= 0.6 is 0 Å². The minimum absolute atomic E-state index is 0.000411. The molecule has 0 saturated carbocycles. The summed E-state index contributed by atoms with van der Waals surface area (Å²) < 4.78 is 18.1. The van der Waals surface area contributed by atoms with E-state index in [4.69, 9.17) is 14.2 Å². The van der Waals surface area contributed by atoms with Gasteiger partial charge in [0.2, 0.25) is 0 Å². The summed E-state index contributed by atoms with van der Waals surface area (Å²) in [4.78, 5) is 14.3. The molecule has 51 heavy (non-hydrogen) atoms. The molecular weight excluding hydrogens is 631 g/mol. The van der Waals surface area contributed by atoms with E-state index >= 15 is 0 Å². The molecule has 5 heteroatoms. The van der Waals surface area contributed by atoms with E-state index in [9.17, 15) is 4.79 Å². The quantitative estimate of drug-likeness (QED) is 0.0357. The summed E-state index contributed by atoms with van der Waals surface area (Å²) in [5, 5.41) is 0. The maximum atomic E-state index is 11.7. The van der Waals surface area contributed by atoms with E-state index in [0.717, 1.165) is 38.7 Å². The van der Waals surface area contributed by atoms with E-state index in [1.165, 1.54) is 199 Å². The number of ether oxygens (including phenoxy) is 3. The van der Waals surface area contributed by atoms with Crippen LogP contribution < -0.4 is 0 Å². The molecule has 1 aliphatic rings. The summed E-state index contributed by atoms with van der Waals surface area (Å²) in [5.74, 6) is -0.238. The van der Waals surface area contributed by atoms with Gasteiger partial charge in [-0.15, -0.1) is 0 Å². The van der Waals surface area contributed by atoms with E-state index < -0.39 is 0 Å². The standard InChI is InChI=1S/C46H91NO4/c1-5-8-11-13-15-19-24-30-37-44(36-29-23-14-12-9-6-2)51-46(43-50-46)39-32-26-22-28-34-41-47(4)40-33-27-21-18-16-17-20-25-31-38-45(48)49-42-35-10-7-3/h44H,5-43H2,1-4H3. The molecule has 0 spiro atoms. The average molecular weight is 722 g/mol. The van der Waals surface area contributed by atoms with E-state index in [0.29, 0.717) is 19.1 Å². The summed E-state index contributed by atoms with van der Waals surface area (Å²) in [6, 6.07) is 0. The third kappa shape index (κ3) is 32.5. The molecule has 1 heterocycles. The minimum atomic E-state index is -0.238. The first-order valence-corrected chi connectivity index (χ1v) is 23.2. The van der Waals surface area contributed by atoms with E-state index in [1.807, 2.05) is 0 Å². The fourth-order valence-electron chi connectivity index (χ4n) is 7.49. The fraction of sp³-hybridized carbons (Fsp3) is 0.978. The molecule has 0 aromatic carbocycles. The van der Waals surface area contributed by atoms with Gasteiger partial charge < -0.3 is 19.1 Å². The summed E-state index contributed by atoms with van der Waals surface area (Å²) in [7, 11) is 2.31. The van der Waals surface area contributed by atoms with Crippen LogP contribution in [0.25, 0.3) is 0 Å². The first-order valence-electron chi connectivity index (χ1n) is 23.2. The number of epoxide rings is 1. The van der Waals surface area contributed by atoms with E-state index in [-0.39, 0.29) is 11.8 Å². The molecule has 1 saturated heterocycles. The zero-order valence-electron chi connectivity index (χ0n) is 35.2. The second-order valence-electron chi connectivity index (χ2n) is 16.4. The van der Waals surface area contributed by atoms with Crippen LogP contribution in [0.1, 0.15) is 245 Å². The number of carbonyl (C=O) groups excluding carboxylic acids is 1. The lowest BCUT2D eigenvalue weighted by molar-refractivity contribution is -0.143. The highest BCUT2D eigenvalue weighted by atomic mass is 16.8. The molecule has 304 valence electrons. The van der Waals surface area contributed by atoms with Gasteiger partial charge in [-0.2, -0.15) is 0 Å². The molecule has 1 aliphatic heterocycles. The molecule has 0 radical (unpaired) electrons. The normalized spacial score (nSPS) is 16.3. The Labute approximate surface area is 319 Å². The summed E-state index contributed by atoms with van der Waals surface area (Å²) in [6.45, 7) is 10.7.